The van der Waals surface area contributed by atoms with Crippen LogP contribution in [0.2, 0.25) is 0 Å². The molecule has 98 valence electrons. The summed E-state index contributed by atoms with van der Waals surface area (Å²) < 4.78 is 11.3. The molecule has 0 bridgehead atoms. The smallest absolute Gasteiger partial charge is 0.0372 e. The molecule has 0 aliphatic carbocycles. The first-order chi connectivity index (χ1) is 8.81. The molecule has 2 aliphatic heterocycles. The second kappa shape index (κ2) is 5.41. The van der Waals surface area contributed by atoms with Gasteiger partial charge in [0.2, 0.25) is 0 Å². The van der Waals surface area contributed by atoms with E-state index in [2.05, 4.69) is 28.4 Å². The standard InChI is InChI=1S/C14H20N2OS/c17-18-8-6-16(7-9-18)11-12-3-4-14-13(10-12)2-1-5-15-14/h3-4,10,15H,1-2,5-9,11H2. The number of hydrogen-bond donors (Lipinski definition) is 1. The third-order valence-electron chi connectivity index (χ3n) is 3.78. The van der Waals surface area contributed by atoms with Gasteiger partial charge in [0.15, 0.2) is 0 Å². The van der Waals surface area contributed by atoms with Crippen molar-refractivity contribution in [2.75, 3.05) is 36.5 Å². The van der Waals surface area contributed by atoms with Gasteiger partial charge in [0.1, 0.15) is 0 Å². The molecule has 3 rings (SSSR count). The van der Waals surface area contributed by atoms with Gasteiger partial charge >= 0.3 is 0 Å². The number of nitrogens with one attached hydrogen (secondary N) is 1. The van der Waals surface area contributed by atoms with Crippen molar-refractivity contribution in [2.24, 2.45) is 0 Å². The summed E-state index contributed by atoms with van der Waals surface area (Å²) in [4.78, 5) is 2.42. The summed E-state index contributed by atoms with van der Waals surface area (Å²) >= 11 is 0. The minimum atomic E-state index is -0.573. The van der Waals surface area contributed by atoms with Crippen LogP contribution in [0.4, 0.5) is 5.69 Å². The highest BCUT2D eigenvalue weighted by Gasteiger charge is 2.16. The number of anilines is 1. The Morgan fingerprint density at radius 2 is 2.11 bits per heavy atom. The van der Waals surface area contributed by atoms with Crippen molar-refractivity contribution in [3.8, 4) is 0 Å². The van der Waals surface area contributed by atoms with Gasteiger partial charge in [-0.15, -0.1) is 0 Å². The molecule has 0 radical (unpaired) electrons. The highest BCUT2D eigenvalue weighted by molar-refractivity contribution is 7.85. The lowest BCUT2D eigenvalue weighted by Crippen LogP contribution is -2.37. The van der Waals surface area contributed by atoms with Crippen LogP contribution in [0, 0.1) is 0 Å². The minimum absolute atomic E-state index is 0.573. The second-order valence-electron chi connectivity index (χ2n) is 5.15. The van der Waals surface area contributed by atoms with E-state index >= 15 is 0 Å². The maximum Gasteiger partial charge on any atom is 0.0372 e. The van der Waals surface area contributed by atoms with E-state index in [1.54, 1.807) is 0 Å². The number of fused-ring (bicyclic) bond motifs is 1. The van der Waals surface area contributed by atoms with Gasteiger partial charge < -0.3 is 5.32 Å². The maximum absolute atomic E-state index is 11.3. The summed E-state index contributed by atoms with van der Waals surface area (Å²) in [5.41, 5.74) is 4.16. The Hall–Kier alpha value is -0.870. The first-order valence-electron chi connectivity index (χ1n) is 6.74. The van der Waals surface area contributed by atoms with E-state index in [0.29, 0.717) is 0 Å². The van der Waals surface area contributed by atoms with E-state index in [1.165, 1.54) is 29.7 Å². The third kappa shape index (κ3) is 2.75. The van der Waals surface area contributed by atoms with E-state index in [9.17, 15) is 4.21 Å². The highest BCUT2D eigenvalue weighted by Crippen LogP contribution is 2.23. The molecule has 2 heterocycles. The zero-order valence-corrected chi connectivity index (χ0v) is 11.5. The van der Waals surface area contributed by atoms with Crippen LogP contribution in [-0.4, -0.2) is 40.2 Å². The zero-order valence-electron chi connectivity index (χ0n) is 10.7. The second-order valence-corrected chi connectivity index (χ2v) is 6.84. The quantitative estimate of drug-likeness (QED) is 0.881. The molecule has 1 saturated heterocycles. The van der Waals surface area contributed by atoms with Gasteiger partial charge in [-0.05, 0) is 30.0 Å². The van der Waals surface area contributed by atoms with E-state index in [-0.39, 0.29) is 0 Å². The summed E-state index contributed by atoms with van der Waals surface area (Å²) in [7, 11) is -0.573. The molecule has 0 saturated carbocycles. The molecule has 0 spiro atoms. The lowest BCUT2D eigenvalue weighted by atomic mass is 10.0. The predicted molar refractivity (Wildman–Crippen MR) is 76.4 cm³/mol. The number of benzene rings is 1. The van der Waals surface area contributed by atoms with Gasteiger partial charge in [-0.1, -0.05) is 12.1 Å². The monoisotopic (exact) mass is 264 g/mol. The average Bonchev–Trinajstić information content (AvgIpc) is 2.41. The highest BCUT2D eigenvalue weighted by atomic mass is 32.2. The molecule has 0 aromatic heterocycles. The molecular weight excluding hydrogens is 244 g/mol. The fourth-order valence-corrected chi connectivity index (χ4v) is 3.85. The first-order valence-corrected chi connectivity index (χ1v) is 8.23. The zero-order chi connectivity index (χ0) is 12.4. The van der Waals surface area contributed by atoms with E-state index in [4.69, 9.17) is 0 Å². The average molecular weight is 264 g/mol. The predicted octanol–water partition coefficient (Wildman–Crippen LogP) is 1.61. The molecule has 4 heteroatoms. The lowest BCUT2D eigenvalue weighted by Gasteiger charge is -2.27. The molecule has 1 N–H and O–H groups in total. The van der Waals surface area contributed by atoms with Crippen molar-refractivity contribution in [1.29, 1.82) is 0 Å². The van der Waals surface area contributed by atoms with Crippen LogP contribution < -0.4 is 5.32 Å². The van der Waals surface area contributed by atoms with Crippen molar-refractivity contribution in [1.82, 2.24) is 4.90 Å². The van der Waals surface area contributed by atoms with Crippen molar-refractivity contribution >= 4 is 16.5 Å². The summed E-state index contributed by atoms with van der Waals surface area (Å²) in [6.07, 6.45) is 2.43. The minimum Gasteiger partial charge on any atom is -0.385 e. The third-order valence-corrected chi connectivity index (χ3v) is 5.06. The first kappa shape index (κ1) is 12.2. The van der Waals surface area contributed by atoms with Gasteiger partial charge in [0.05, 0.1) is 0 Å². The number of nitrogens with zero attached hydrogens (tertiary/aromatic N) is 1. The van der Waals surface area contributed by atoms with E-state index < -0.39 is 10.8 Å². The van der Waals surface area contributed by atoms with Gasteiger partial charge in [-0.2, -0.15) is 0 Å². The van der Waals surface area contributed by atoms with E-state index in [1.807, 2.05) is 0 Å². The Morgan fingerprint density at radius 1 is 1.28 bits per heavy atom. The summed E-state index contributed by atoms with van der Waals surface area (Å²) in [6.45, 7) is 4.05. The topological polar surface area (TPSA) is 32.3 Å². The van der Waals surface area contributed by atoms with Crippen LogP contribution >= 0.6 is 0 Å². The molecule has 3 nitrogen and oxygen atoms in total. The van der Waals surface area contributed by atoms with Crippen LogP contribution in [0.15, 0.2) is 18.2 Å². The molecule has 2 aliphatic rings. The summed E-state index contributed by atoms with van der Waals surface area (Å²) in [5, 5.41) is 3.45. The van der Waals surface area contributed by atoms with Crippen molar-refractivity contribution < 1.29 is 4.21 Å². The molecule has 0 amide bonds. The van der Waals surface area contributed by atoms with E-state index in [0.717, 1.165) is 37.7 Å². The molecule has 1 fully saturated rings. The van der Waals surface area contributed by atoms with Crippen LogP contribution in [0.25, 0.3) is 0 Å². The Labute approximate surface area is 111 Å². The maximum atomic E-state index is 11.3. The summed E-state index contributed by atoms with van der Waals surface area (Å²) in [5.74, 6) is 1.68. The van der Waals surface area contributed by atoms with Crippen LogP contribution in [0.3, 0.4) is 0 Å². The van der Waals surface area contributed by atoms with Gasteiger partial charge in [0, 0.05) is 54.2 Å². The normalized spacial score (nSPS) is 21.3. The van der Waals surface area contributed by atoms with Gasteiger partial charge in [-0.25, -0.2) is 0 Å². The Balaban J connectivity index is 1.67. The number of aryl methyl sites for hydroxylation is 1. The fourth-order valence-electron chi connectivity index (χ4n) is 2.72. The number of rotatable bonds is 2. The molecule has 1 aromatic carbocycles. The molecule has 0 unspecified atom stereocenters. The van der Waals surface area contributed by atoms with Gasteiger partial charge in [0.25, 0.3) is 0 Å². The molecule has 0 atom stereocenters. The Morgan fingerprint density at radius 3 is 2.94 bits per heavy atom. The number of hydrogen-bond acceptors (Lipinski definition) is 3. The van der Waals surface area contributed by atoms with Crippen molar-refractivity contribution in [3.63, 3.8) is 0 Å². The SMILES string of the molecule is O=S1CCN(Cc2ccc3c(c2)CCCN3)CC1. The van der Waals surface area contributed by atoms with Crippen LogP contribution in [0.5, 0.6) is 0 Å². The fraction of sp³-hybridized carbons (Fsp3) is 0.571. The summed E-state index contributed by atoms with van der Waals surface area (Å²) in [6, 6.07) is 6.78. The molecule has 18 heavy (non-hydrogen) atoms. The molecule has 1 aromatic rings. The Kier molecular flexibility index (Phi) is 3.66. The van der Waals surface area contributed by atoms with Crippen LogP contribution in [0.1, 0.15) is 17.5 Å². The van der Waals surface area contributed by atoms with Crippen molar-refractivity contribution in [2.45, 2.75) is 19.4 Å². The van der Waals surface area contributed by atoms with Crippen molar-refractivity contribution in [3.05, 3.63) is 29.3 Å². The van der Waals surface area contributed by atoms with Crippen LogP contribution in [-0.2, 0) is 23.8 Å². The Bertz CT molecular complexity index is 451. The lowest BCUT2D eigenvalue weighted by molar-refractivity contribution is 0.291. The largest absolute Gasteiger partial charge is 0.385 e. The molecular formula is C14H20N2OS. The van der Waals surface area contributed by atoms with Gasteiger partial charge in [-0.3, -0.25) is 9.11 Å².